The quantitative estimate of drug-likeness (QED) is 0.793. The molecule has 3 N–H and O–H groups in total. The molecule has 0 radical (unpaired) electrons. The molecule has 1 unspecified atom stereocenters. The molecule has 6 heteroatoms. The lowest BCUT2D eigenvalue weighted by Gasteiger charge is -2.08. The number of halogens is 3. The van der Waals surface area contributed by atoms with Gasteiger partial charge in [0.25, 0.3) is 0 Å². The summed E-state index contributed by atoms with van der Waals surface area (Å²) in [5, 5.41) is 8.56. The fraction of sp³-hybridized carbons (Fsp3) is 0.300. The molecule has 0 aliphatic carbocycles. The Bertz CT molecular complexity index is 374. The largest absolute Gasteiger partial charge is 0.396 e. The number of aliphatic hydroxyl groups is 1. The molecule has 1 aromatic carbocycles. The SMILES string of the molecule is Cl.NC(CCO)C(=O)c1ccc(F)c(F)c1. The summed E-state index contributed by atoms with van der Waals surface area (Å²) < 4.78 is 25.3. The first kappa shape index (κ1) is 15.0. The summed E-state index contributed by atoms with van der Waals surface area (Å²) in [5.41, 5.74) is 5.43. The van der Waals surface area contributed by atoms with Crippen molar-refractivity contribution in [1.82, 2.24) is 0 Å². The normalized spacial score (nSPS) is 11.8. The predicted molar refractivity (Wildman–Crippen MR) is 57.6 cm³/mol. The van der Waals surface area contributed by atoms with Crippen LogP contribution in [-0.4, -0.2) is 23.5 Å². The molecular formula is C10H12ClF2NO2. The van der Waals surface area contributed by atoms with Gasteiger partial charge in [0, 0.05) is 12.2 Å². The van der Waals surface area contributed by atoms with E-state index < -0.39 is 23.5 Å². The lowest BCUT2D eigenvalue weighted by Crippen LogP contribution is -2.31. The van der Waals surface area contributed by atoms with Crippen LogP contribution >= 0.6 is 12.4 Å². The van der Waals surface area contributed by atoms with Crippen molar-refractivity contribution >= 4 is 18.2 Å². The van der Waals surface area contributed by atoms with E-state index in [1.54, 1.807) is 0 Å². The molecule has 0 aliphatic rings. The second-order valence-corrected chi connectivity index (χ2v) is 3.11. The van der Waals surface area contributed by atoms with Gasteiger partial charge in [0.2, 0.25) is 0 Å². The monoisotopic (exact) mass is 251 g/mol. The van der Waals surface area contributed by atoms with E-state index in [0.29, 0.717) is 0 Å². The Hall–Kier alpha value is -1.04. The number of ketones is 1. The fourth-order valence-corrected chi connectivity index (χ4v) is 1.13. The van der Waals surface area contributed by atoms with Gasteiger partial charge in [0.1, 0.15) is 0 Å². The van der Waals surface area contributed by atoms with Crippen molar-refractivity contribution in [2.24, 2.45) is 5.73 Å². The minimum Gasteiger partial charge on any atom is -0.396 e. The molecule has 1 atom stereocenters. The van der Waals surface area contributed by atoms with Crippen LogP contribution in [0.25, 0.3) is 0 Å². The predicted octanol–water partition coefficient (Wildman–Crippen LogP) is 1.28. The van der Waals surface area contributed by atoms with Crippen LogP contribution in [0.1, 0.15) is 16.8 Å². The van der Waals surface area contributed by atoms with Gasteiger partial charge < -0.3 is 10.8 Å². The zero-order valence-electron chi connectivity index (χ0n) is 8.32. The Kier molecular flexibility index (Phi) is 6.10. The van der Waals surface area contributed by atoms with Gasteiger partial charge in [-0.15, -0.1) is 12.4 Å². The third-order valence-corrected chi connectivity index (χ3v) is 1.98. The molecule has 0 saturated carbocycles. The van der Waals surface area contributed by atoms with Gasteiger partial charge in [-0.05, 0) is 24.6 Å². The number of aliphatic hydroxyl groups excluding tert-OH is 1. The fourth-order valence-electron chi connectivity index (χ4n) is 1.13. The van der Waals surface area contributed by atoms with Crippen LogP contribution in [0.2, 0.25) is 0 Å². The highest BCUT2D eigenvalue weighted by Crippen LogP contribution is 2.11. The van der Waals surface area contributed by atoms with E-state index in [1.807, 2.05) is 0 Å². The third kappa shape index (κ3) is 3.52. The first-order valence-corrected chi connectivity index (χ1v) is 4.42. The molecular weight excluding hydrogens is 240 g/mol. The minimum absolute atomic E-state index is 0. The first-order valence-electron chi connectivity index (χ1n) is 4.42. The molecule has 0 amide bonds. The van der Waals surface area contributed by atoms with Gasteiger partial charge in [0.05, 0.1) is 6.04 Å². The summed E-state index contributed by atoms with van der Waals surface area (Å²) in [6.45, 7) is -0.226. The van der Waals surface area contributed by atoms with Crippen LogP contribution in [0.4, 0.5) is 8.78 Å². The van der Waals surface area contributed by atoms with Crippen LogP contribution in [0.15, 0.2) is 18.2 Å². The zero-order valence-corrected chi connectivity index (χ0v) is 9.14. The van der Waals surface area contributed by atoms with Crippen molar-refractivity contribution in [2.75, 3.05) is 6.61 Å². The van der Waals surface area contributed by atoms with E-state index in [4.69, 9.17) is 10.8 Å². The highest BCUT2D eigenvalue weighted by Gasteiger charge is 2.16. The maximum Gasteiger partial charge on any atom is 0.179 e. The van der Waals surface area contributed by atoms with Gasteiger partial charge in [-0.2, -0.15) is 0 Å². The Morgan fingerprint density at radius 2 is 2.00 bits per heavy atom. The average molecular weight is 252 g/mol. The topological polar surface area (TPSA) is 63.3 Å². The van der Waals surface area contributed by atoms with Crippen LogP contribution < -0.4 is 5.73 Å². The van der Waals surface area contributed by atoms with E-state index in [0.717, 1.165) is 18.2 Å². The summed E-state index contributed by atoms with van der Waals surface area (Å²) in [7, 11) is 0. The Morgan fingerprint density at radius 3 is 2.50 bits per heavy atom. The molecule has 0 fully saturated rings. The molecule has 0 bridgehead atoms. The lowest BCUT2D eigenvalue weighted by molar-refractivity contribution is 0.0945. The van der Waals surface area contributed by atoms with E-state index >= 15 is 0 Å². The Balaban J connectivity index is 0.00000225. The molecule has 3 nitrogen and oxygen atoms in total. The van der Waals surface area contributed by atoms with E-state index in [1.165, 1.54) is 0 Å². The molecule has 0 saturated heterocycles. The van der Waals surface area contributed by atoms with Crippen molar-refractivity contribution in [3.63, 3.8) is 0 Å². The smallest absolute Gasteiger partial charge is 0.179 e. The maximum absolute atomic E-state index is 12.8. The summed E-state index contributed by atoms with van der Waals surface area (Å²) >= 11 is 0. The van der Waals surface area contributed by atoms with Gasteiger partial charge in [-0.3, -0.25) is 4.79 Å². The van der Waals surface area contributed by atoms with Crippen LogP contribution in [0, 0.1) is 11.6 Å². The highest BCUT2D eigenvalue weighted by molar-refractivity contribution is 5.99. The molecule has 0 aliphatic heterocycles. The van der Waals surface area contributed by atoms with Gasteiger partial charge in [-0.1, -0.05) is 0 Å². The summed E-state index contributed by atoms with van der Waals surface area (Å²) in [5.74, 6) is -2.61. The lowest BCUT2D eigenvalue weighted by atomic mass is 10.0. The number of carbonyl (C=O) groups excluding carboxylic acids is 1. The summed E-state index contributed by atoms with van der Waals surface area (Å²) in [6.07, 6.45) is 0.0951. The van der Waals surface area contributed by atoms with Crippen molar-refractivity contribution in [3.8, 4) is 0 Å². The highest BCUT2D eigenvalue weighted by atomic mass is 35.5. The number of benzene rings is 1. The number of carbonyl (C=O) groups is 1. The van der Waals surface area contributed by atoms with Crippen molar-refractivity contribution in [1.29, 1.82) is 0 Å². The standard InChI is InChI=1S/C10H11F2NO2.ClH/c11-7-2-1-6(5-8(7)12)10(15)9(13)3-4-14;/h1-2,5,9,14H,3-4,13H2;1H. The van der Waals surface area contributed by atoms with E-state index in [2.05, 4.69) is 0 Å². The number of hydrogen-bond donors (Lipinski definition) is 2. The first-order chi connectivity index (χ1) is 7.06. The average Bonchev–Trinajstić information content (AvgIpc) is 2.21. The van der Waals surface area contributed by atoms with Crippen molar-refractivity contribution < 1.29 is 18.7 Å². The molecule has 0 spiro atoms. The third-order valence-electron chi connectivity index (χ3n) is 1.98. The van der Waals surface area contributed by atoms with Crippen LogP contribution in [-0.2, 0) is 0 Å². The van der Waals surface area contributed by atoms with Gasteiger partial charge in [-0.25, -0.2) is 8.78 Å². The zero-order chi connectivity index (χ0) is 11.4. The second-order valence-electron chi connectivity index (χ2n) is 3.11. The minimum atomic E-state index is -1.09. The summed E-state index contributed by atoms with van der Waals surface area (Å²) in [6, 6.07) is 1.95. The van der Waals surface area contributed by atoms with Gasteiger partial charge >= 0.3 is 0 Å². The molecule has 1 aromatic rings. The Morgan fingerprint density at radius 1 is 1.38 bits per heavy atom. The number of nitrogens with two attached hydrogens (primary N) is 1. The summed E-state index contributed by atoms with van der Waals surface area (Å²) in [4.78, 5) is 11.5. The van der Waals surface area contributed by atoms with Crippen molar-refractivity contribution in [2.45, 2.75) is 12.5 Å². The van der Waals surface area contributed by atoms with E-state index in [9.17, 15) is 13.6 Å². The van der Waals surface area contributed by atoms with E-state index in [-0.39, 0.29) is 31.0 Å². The molecule has 0 heterocycles. The van der Waals surface area contributed by atoms with Crippen LogP contribution in [0.5, 0.6) is 0 Å². The van der Waals surface area contributed by atoms with Crippen LogP contribution in [0.3, 0.4) is 0 Å². The molecule has 0 aromatic heterocycles. The molecule has 1 rings (SSSR count). The number of Topliss-reactive ketones (excluding diaryl/α,β-unsaturated/α-hetero) is 1. The van der Waals surface area contributed by atoms with Crippen molar-refractivity contribution in [3.05, 3.63) is 35.4 Å². The Labute approximate surface area is 97.7 Å². The number of hydrogen-bond acceptors (Lipinski definition) is 3. The molecule has 16 heavy (non-hydrogen) atoms. The number of rotatable bonds is 4. The van der Waals surface area contributed by atoms with Gasteiger partial charge in [0.15, 0.2) is 17.4 Å². The second kappa shape index (κ2) is 6.52. The maximum atomic E-state index is 12.8. The molecule has 90 valence electrons.